The second-order valence-electron chi connectivity index (χ2n) is 4.16. The zero-order valence-corrected chi connectivity index (χ0v) is 10.3. The molecule has 1 aliphatic carbocycles. The van der Waals surface area contributed by atoms with E-state index in [0.717, 1.165) is 11.0 Å². The predicted molar refractivity (Wildman–Crippen MR) is 66.7 cm³/mol. The van der Waals surface area contributed by atoms with Crippen LogP contribution in [0.1, 0.15) is 30.9 Å². The number of hydrogen-bond acceptors (Lipinski definition) is 2. The van der Waals surface area contributed by atoms with E-state index in [2.05, 4.69) is 27.3 Å². The van der Waals surface area contributed by atoms with Crippen molar-refractivity contribution in [3.63, 3.8) is 0 Å². The van der Waals surface area contributed by atoms with E-state index in [9.17, 15) is 0 Å². The Morgan fingerprint density at radius 2 is 2.13 bits per heavy atom. The molecular weight excluding hydrogens is 252 g/mol. The van der Waals surface area contributed by atoms with Crippen LogP contribution in [0.5, 0.6) is 0 Å². The molecule has 1 unspecified atom stereocenters. The van der Waals surface area contributed by atoms with Crippen LogP contribution >= 0.6 is 15.9 Å². The average Bonchev–Trinajstić information content (AvgIpc) is 2.16. The van der Waals surface area contributed by atoms with E-state index >= 15 is 0 Å². The zero-order chi connectivity index (χ0) is 10.7. The Labute approximate surface area is 99.4 Å². The summed E-state index contributed by atoms with van der Waals surface area (Å²) in [5, 5.41) is 3.50. The van der Waals surface area contributed by atoms with Crippen LogP contribution in [0.15, 0.2) is 28.7 Å². The fourth-order valence-corrected chi connectivity index (χ4v) is 2.37. The van der Waals surface area contributed by atoms with E-state index in [0.29, 0.717) is 6.04 Å². The van der Waals surface area contributed by atoms with Gasteiger partial charge in [-0.2, -0.15) is 0 Å². The summed E-state index contributed by atoms with van der Waals surface area (Å²) >= 11 is 3.53. The van der Waals surface area contributed by atoms with Gasteiger partial charge in [0.05, 0.1) is 0 Å². The van der Waals surface area contributed by atoms with Crippen LogP contribution in [0.2, 0.25) is 0 Å². The lowest BCUT2D eigenvalue weighted by atomic mass is 9.93. The Hall–Kier alpha value is -0.380. The Bertz CT molecular complexity index is 323. The van der Waals surface area contributed by atoms with Gasteiger partial charge in [0, 0.05) is 23.1 Å². The lowest BCUT2D eigenvalue weighted by molar-refractivity contribution is 0.332. The minimum Gasteiger partial charge on any atom is -0.323 e. The number of halogens is 1. The van der Waals surface area contributed by atoms with Crippen LogP contribution in [0.25, 0.3) is 0 Å². The molecule has 1 aromatic rings. The SMILES string of the molecule is NC(CNC1CCC1)c1ccccc1Br. The van der Waals surface area contributed by atoms with Gasteiger partial charge < -0.3 is 11.1 Å². The number of benzene rings is 1. The van der Waals surface area contributed by atoms with Crippen molar-refractivity contribution >= 4 is 15.9 Å². The third-order valence-corrected chi connectivity index (χ3v) is 3.76. The zero-order valence-electron chi connectivity index (χ0n) is 8.75. The molecule has 0 aliphatic heterocycles. The van der Waals surface area contributed by atoms with Gasteiger partial charge in [0.1, 0.15) is 0 Å². The smallest absolute Gasteiger partial charge is 0.0433 e. The molecule has 0 saturated heterocycles. The Morgan fingerprint density at radius 3 is 2.73 bits per heavy atom. The number of nitrogens with one attached hydrogen (secondary N) is 1. The van der Waals surface area contributed by atoms with Gasteiger partial charge in [-0.25, -0.2) is 0 Å². The highest BCUT2D eigenvalue weighted by molar-refractivity contribution is 9.10. The van der Waals surface area contributed by atoms with E-state index in [4.69, 9.17) is 5.73 Å². The van der Waals surface area contributed by atoms with E-state index in [-0.39, 0.29) is 6.04 Å². The van der Waals surface area contributed by atoms with Crippen LogP contribution < -0.4 is 11.1 Å². The van der Waals surface area contributed by atoms with E-state index in [1.165, 1.54) is 24.8 Å². The second kappa shape index (κ2) is 5.10. The van der Waals surface area contributed by atoms with Gasteiger partial charge in [0.25, 0.3) is 0 Å². The molecule has 0 heterocycles. The summed E-state index contributed by atoms with van der Waals surface area (Å²) < 4.78 is 1.10. The Morgan fingerprint density at radius 1 is 1.40 bits per heavy atom. The topological polar surface area (TPSA) is 38.0 Å². The molecule has 0 amide bonds. The highest BCUT2D eigenvalue weighted by Crippen LogP contribution is 2.22. The minimum atomic E-state index is 0.0844. The van der Waals surface area contributed by atoms with Crippen molar-refractivity contribution < 1.29 is 0 Å². The monoisotopic (exact) mass is 268 g/mol. The van der Waals surface area contributed by atoms with Crippen LogP contribution in [-0.4, -0.2) is 12.6 Å². The van der Waals surface area contributed by atoms with Gasteiger partial charge in [-0.3, -0.25) is 0 Å². The largest absolute Gasteiger partial charge is 0.323 e. The van der Waals surface area contributed by atoms with Crippen molar-refractivity contribution in [3.8, 4) is 0 Å². The summed E-state index contributed by atoms with van der Waals surface area (Å²) in [6.45, 7) is 0.868. The molecule has 1 saturated carbocycles. The molecule has 2 nitrogen and oxygen atoms in total. The summed E-state index contributed by atoms with van der Waals surface area (Å²) in [5.74, 6) is 0. The molecule has 1 atom stereocenters. The summed E-state index contributed by atoms with van der Waals surface area (Å²) in [4.78, 5) is 0. The fraction of sp³-hybridized carbons (Fsp3) is 0.500. The molecule has 15 heavy (non-hydrogen) atoms. The number of hydrogen-bond donors (Lipinski definition) is 2. The standard InChI is InChI=1S/C12H17BrN2/c13-11-7-2-1-6-10(11)12(14)8-15-9-4-3-5-9/h1-2,6-7,9,12,15H,3-5,8,14H2. The first-order valence-electron chi connectivity index (χ1n) is 5.51. The van der Waals surface area contributed by atoms with Crippen molar-refractivity contribution in [1.82, 2.24) is 5.32 Å². The second-order valence-corrected chi connectivity index (χ2v) is 5.02. The Balaban J connectivity index is 1.89. The first kappa shape index (κ1) is 11.1. The van der Waals surface area contributed by atoms with E-state index in [1.54, 1.807) is 0 Å². The van der Waals surface area contributed by atoms with Crippen LogP contribution in [-0.2, 0) is 0 Å². The number of rotatable bonds is 4. The van der Waals surface area contributed by atoms with Gasteiger partial charge in [-0.15, -0.1) is 0 Å². The summed E-state index contributed by atoms with van der Waals surface area (Å²) in [7, 11) is 0. The third kappa shape index (κ3) is 2.80. The van der Waals surface area contributed by atoms with Gasteiger partial charge >= 0.3 is 0 Å². The lowest BCUT2D eigenvalue weighted by Crippen LogP contribution is -2.39. The van der Waals surface area contributed by atoms with Gasteiger partial charge in [0.2, 0.25) is 0 Å². The molecule has 0 bridgehead atoms. The maximum absolute atomic E-state index is 6.13. The molecule has 3 heteroatoms. The first-order valence-corrected chi connectivity index (χ1v) is 6.30. The highest BCUT2D eigenvalue weighted by atomic mass is 79.9. The number of nitrogens with two attached hydrogens (primary N) is 1. The molecule has 1 aromatic carbocycles. The summed E-state index contributed by atoms with van der Waals surface area (Å²) in [6.07, 6.45) is 3.98. The summed E-state index contributed by atoms with van der Waals surface area (Å²) in [6, 6.07) is 8.96. The fourth-order valence-electron chi connectivity index (χ4n) is 1.79. The van der Waals surface area contributed by atoms with Crippen molar-refractivity contribution in [2.75, 3.05) is 6.54 Å². The van der Waals surface area contributed by atoms with Crippen LogP contribution in [0, 0.1) is 0 Å². The molecule has 0 radical (unpaired) electrons. The minimum absolute atomic E-state index is 0.0844. The molecule has 0 aromatic heterocycles. The van der Waals surface area contributed by atoms with Gasteiger partial charge in [-0.1, -0.05) is 40.5 Å². The molecule has 1 aliphatic rings. The lowest BCUT2D eigenvalue weighted by Gasteiger charge is -2.28. The summed E-state index contributed by atoms with van der Waals surface area (Å²) in [5.41, 5.74) is 7.31. The maximum Gasteiger partial charge on any atom is 0.0433 e. The first-order chi connectivity index (χ1) is 7.27. The van der Waals surface area contributed by atoms with Gasteiger partial charge in [-0.05, 0) is 24.5 Å². The van der Waals surface area contributed by atoms with E-state index in [1.807, 2.05) is 18.2 Å². The molecule has 3 N–H and O–H groups in total. The molecule has 0 spiro atoms. The molecule has 1 fully saturated rings. The van der Waals surface area contributed by atoms with Crippen LogP contribution in [0.3, 0.4) is 0 Å². The van der Waals surface area contributed by atoms with E-state index < -0.39 is 0 Å². The molecule has 2 rings (SSSR count). The van der Waals surface area contributed by atoms with Crippen molar-refractivity contribution in [3.05, 3.63) is 34.3 Å². The average molecular weight is 269 g/mol. The van der Waals surface area contributed by atoms with Crippen molar-refractivity contribution in [1.29, 1.82) is 0 Å². The van der Waals surface area contributed by atoms with Gasteiger partial charge in [0.15, 0.2) is 0 Å². The Kier molecular flexibility index (Phi) is 3.78. The van der Waals surface area contributed by atoms with Crippen molar-refractivity contribution in [2.24, 2.45) is 5.73 Å². The van der Waals surface area contributed by atoms with Crippen LogP contribution in [0.4, 0.5) is 0 Å². The quantitative estimate of drug-likeness (QED) is 0.881. The third-order valence-electron chi connectivity index (χ3n) is 3.04. The van der Waals surface area contributed by atoms with Crippen molar-refractivity contribution in [2.45, 2.75) is 31.3 Å². The maximum atomic E-state index is 6.13. The molecule has 82 valence electrons. The molecular formula is C12H17BrN2. The predicted octanol–water partition coefficient (Wildman–Crippen LogP) is 2.59. The highest BCUT2D eigenvalue weighted by Gasteiger charge is 2.18. The normalized spacial score (nSPS) is 18.5.